The fourth-order valence-corrected chi connectivity index (χ4v) is 5.38. The summed E-state index contributed by atoms with van der Waals surface area (Å²) in [5.74, 6) is -2.55. The number of nitrogens with one attached hydrogen (secondary N) is 1. The van der Waals surface area contributed by atoms with Crippen LogP contribution in [0.3, 0.4) is 0 Å². The van der Waals surface area contributed by atoms with Gasteiger partial charge in [-0.1, -0.05) is 11.2 Å². The highest BCUT2D eigenvalue weighted by molar-refractivity contribution is 8.00. The summed E-state index contributed by atoms with van der Waals surface area (Å²) in [4.78, 5) is 49.3. The van der Waals surface area contributed by atoms with Crippen molar-refractivity contribution in [2.45, 2.75) is 11.4 Å². The molecule has 3 rings (SSSR count). The third-order valence-corrected chi connectivity index (χ3v) is 7.48. The average Bonchev–Trinajstić information content (AvgIpc) is 3.26. The summed E-state index contributed by atoms with van der Waals surface area (Å²) in [7, 11) is 8.19. The highest BCUT2D eigenvalue weighted by Crippen LogP contribution is 2.40. The van der Waals surface area contributed by atoms with Crippen LogP contribution in [0.2, 0.25) is 0 Å². The van der Waals surface area contributed by atoms with Gasteiger partial charge in [-0.05, 0) is 25.7 Å². The molecule has 3 heterocycles. The van der Waals surface area contributed by atoms with Gasteiger partial charge in [-0.3, -0.25) is 14.5 Å². The number of halogens is 1. The van der Waals surface area contributed by atoms with Gasteiger partial charge < -0.3 is 30.4 Å². The van der Waals surface area contributed by atoms with Gasteiger partial charge in [0.05, 0.1) is 27.2 Å². The van der Waals surface area contributed by atoms with E-state index in [4.69, 9.17) is 5.73 Å². The Labute approximate surface area is 221 Å². The van der Waals surface area contributed by atoms with E-state index in [1.54, 1.807) is 6.08 Å². The van der Waals surface area contributed by atoms with Gasteiger partial charge in [-0.15, -0.1) is 11.8 Å². The molecule has 0 radical (unpaired) electrons. The van der Waals surface area contributed by atoms with Gasteiger partial charge in [0.2, 0.25) is 11.5 Å². The summed E-state index contributed by atoms with van der Waals surface area (Å²) in [6.45, 7) is 1.22. The molecule has 37 heavy (non-hydrogen) atoms. The van der Waals surface area contributed by atoms with E-state index < -0.39 is 41.8 Å². The van der Waals surface area contributed by atoms with Crippen molar-refractivity contribution >= 4 is 51.9 Å². The molecule has 0 aliphatic carbocycles. The third kappa shape index (κ3) is 6.82. The number of β-lactam (4-membered cyclic amide) rings is 1. The molecule has 4 N–H and O–H groups in total. The van der Waals surface area contributed by atoms with E-state index >= 15 is 0 Å². The number of aromatic nitrogens is 2. The van der Waals surface area contributed by atoms with Gasteiger partial charge in [0.1, 0.15) is 17.1 Å². The highest BCUT2D eigenvalue weighted by Gasteiger charge is 2.54. The quantitative estimate of drug-likeness (QED) is 0.135. The number of carbonyl (C=O) groups is 3. The molecule has 1 aromatic heterocycles. The van der Waals surface area contributed by atoms with Crippen molar-refractivity contribution < 1.29 is 33.2 Å². The fourth-order valence-electron chi connectivity index (χ4n) is 3.63. The molecule has 0 aromatic carbocycles. The van der Waals surface area contributed by atoms with E-state index in [1.807, 2.05) is 20.2 Å². The van der Waals surface area contributed by atoms with Crippen molar-refractivity contribution in [3.8, 4) is 0 Å². The number of oxime groups is 1. The minimum absolute atomic E-state index is 0.0567. The Kier molecular flexibility index (Phi) is 9.22. The Morgan fingerprint density at radius 3 is 2.76 bits per heavy atom. The maximum atomic E-state index is 12.9. The van der Waals surface area contributed by atoms with Crippen LogP contribution in [0.25, 0.3) is 0 Å². The van der Waals surface area contributed by atoms with Crippen molar-refractivity contribution in [3.63, 3.8) is 0 Å². The minimum Gasteiger partial charge on any atom is -0.477 e. The van der Waals surface area contributed by atoms with Crippen molar-refractivity contribution in [1.82, 2.24) is 24.5 Å². The van der Waals surface area contributed by atoms with E-state index in [0.717, 1.165) is 24.6 Å². The number of quaternary nitrogens is 1. The summed E-state index contributed by atoms with van der Waals surface area (Å²) in [5.41, 5.74) is 5.49. The van der Waals surface area contributed by atoms with Crippen LogP contribution in [-0.4, -0.2) is 124 Å². The number of nitrogens with zero attached hydrogens (tertiary/aromatic N) is 6. The first-order valence-electron chi connectivity index (χ1n) is 11.2. The van der Waals surface area contributed by atoms with Crippen LogP contribution in [-0.2, 0) is 19.2 Å². The number of likely N-dealkylation sites (N-methyl/N-ethyl adjacent to an activating group) is 2. The van der Waals surface area contributed by atoms with Gasteiger partial charge in [0.25, 0.3) is 18.7 Å². The van der Waals surface area contributed by atoms with Gasteiger partial charge in [0.15, 0.2) is 5.13 Å². The second-order valence-electron chi connectivity index (χ2n) is 9.22. The maximum absolute atomic E-state index is 12.9. The van der Waals surface area contributed by atoms with Crippen molar-refractivity contribution in [2.24, 2.45) is 5.16 Å². The summed E-state index contributed by atoms with van der Waals surface area (Å²) in [6, 6.07) is -1.02. The van der Waals surface area contributed by atoms with Crippen LogP contribution in [0, 0.1) is 0 Å². The van der Waals surface area contributed by atoms with Crippen LogP contribution in [0.15, 0.2) is 28.6 Å². The highest BCUT2D eigenvalue weighted by atomic mass is 32.2. The Hall–Kier alpha value is -3.08. The second kappa shape index (κ2) is 12.0. The molecule has 2 aliphatic rings. The lowest BCUT2D eigenvalue weighted by Gasteiger charge is -2.49. The molecular weight excluding hydrogens is 527 g/mol. The van der Waals surface area contributed by atoms with Gasteiger partial charge >= 0.3 is 5.97 Å². The first kappa shape index (κ1) is 28.5. The van der Waals surface area contributed by atoms with Crippen LogP contribution < -0.4 is 11.1 Å². The largest absolute Gasteiger partial charge is 0.477 e. The van der Waals surface area contributed by atoms with E-state index in [0.29, 0.717) is 22.4 Å². The van der Waals surface area contributed by atoms with E-state index in [-0.39, 0.29) is 16.7 Å². The molecule has 2 atom stereocenters. The average molecular weight is 558 g/mol. The summed E-state index contributed by atoms with van der Waals surface area (Å²) >= 11 is 2.13. The SMILES string of the molecule is CN(C)CC[N+](C)(C)C/C=C/C1=C(C(=O)O)N2C(=O)[C@@H](NC(=O)/C(=N\OCF)c3nsc(N)n3)[C@H]2SC1. The number of alkyl halides is 1. The molecule has 1 fully saturated rings. The van der Waals surface area contributed by atoms with Crippen LogP contribution in [0.1, 0.15) is 5.82 Å². The standard InChI is InChI=1S/C21H29FN8O5S2/c1-28(2)7-9-30(3,4)8-5-6-12-10-36-19-14(18(32)29(19)15(12)20(33)34)24-17(31)13(26-35-11-22)16-25-21(23)37-27-16/h5-6,14,19H,7-11H2,1-4H3,(H3-,23,24,25,27,31,33,34)/p+1/b6-5+,26-13-/t14-,19-/m1/s1. The predicted octanol–water partition coefficient (Wildman–Crippen LogP) is -0.299. The van der Waals surface area contributed by atoms with E-state index in [2.05, 4.69) is 43.7 Å². The number of allylic oxidation sites excluding steroid dienone is 1. The summed E-state index contributed by atoms with van der Waals surface area (Å²) < 4.78 is 17.1. The monoisotopic (exact) mass is 557 g/mol. The second-order valence-corrected chi connectivity index (χ2v) is 11.1. The van der Waals surface area contributed by atoms with Gasteiger partial charge in [-0.2, -0.15) is 9.36 Å². The number of nitrogen functional groups attached to an aromatic ring is 1. The van der Waals surface area contributed by atoms with Gasteiger partial charge in [0, 0.05) is 23.8 Å². The molecule has 0 spiro atoms. The number of rotatable bonds is 12. The van der Waals surface area contributed by atoms with Crippen molar-refractivity contribution in [3.05, 3.63) is 29.2 Å². The zero-order chi connectivity index (χ0) is 27.3. The number of carboxylic acids is 1. The van der Waals surface area contributed by atoms with Crippen molar-refractivity contribution in [2.75, 3.05) is 66.2 Å². The number of hydrogen-bond donors (Lipinski definition) is 3. The zero-order valence-corrected chi connectivity index (χ0v) is 22.5. The molecule has 16 heteroatoms. The predicted molar refractivity (Wildman–Crippen MR) is 137 cm³/mol. The number of thioether (sulfide) groups is 1. The molecule has 2 amide bonds. The number of amides is 2. The number of hydrogen-bond acceptors (Lipinski definition) is 11. The summed E-state index contributed by atoms with van der Waals surface area (Å²) in [5, 5.41) is 15.2. The number of anilines is 1. The number of carbonyl (C=O) groups excluding carboxylic acids is 2. The molecule has 0 bridgehead atoms. The molecule has 13 nitrogen and oxygen atoms in total. The van der Waals surface area contributed by atoms with Crippen LogP contribution in [0.4, 0.5) is 9.52 Å². The minimum atomic E-state index is -1.29. The summed E-state index contributed by atoms with van der Waals surface area (Å²) in [6.07, 6.45) is 3.66. The molecule has 0 saturated carbocycles. The lowest BCUT2D eigenvalue weighted by molar-refractivity contribution is -0.883. The number of fused-ring (bicyclic) bond motifs is 1. The third-order valence-electron chi connectivity index (χ3n) is 5.63. The topological polar surface area (TPSA) is 163 Å². The molecule has 202 valence electrons. The zero-order valence-electron chi connectivity index (χ0n) is 20.9. The molecule has 0 unspecified atom stereocenters. The van der Waals surface area contributed by atoms with Crippen molar-refractivity contribution in [1.29, 1.82) is 0 Å². The molecule has 1 saturated heterocycles. The molecule has 2 aliphatic heterocycles. The Morgan fingerprint density at radius 1 is 1.43 bits per heavy atom. The first-order valence-corrected chi connectivity index (χ1v) is 13.0. The maximum Gasteiger partial charge on any atom is 0.352 e. The van der Waals surface area contributed by atoms with Gasteiger partial charge in [-0.25, -0.2) is 9.18 Å². The van der Waals surface area contributed by atoms with E-state index in [1.165, 1.54) is 16.7 Å². The molecular formula is C21H30FN8O5S2+. The Bertz CT molecular complexity index is 1140. The lowest BCUT2D eigenvalue weighted by Crippen LogP contribution is -2.71. The fraction of sp³-hybridized carbons (Fsp3) is 0.524. The Balaban J connectivity index is 1.73. The Morgan fingerprint density at radius 2 is 2.16 bits per heavy atom. The molecule has 1 aromatic rings. The lowest BCUT2D eigenvalue weighted by atomic mass is 10.0. The number of carboxylic acid groups (broad SMARTS) is 1. The smallest absolute Gasteiger partial charge is 0.352 e. The normalized spacial score (nSPS) is 20.3. The number of aliphatic carboxylic acids is 1. The van der Waals surface area contributed by atoms with Crippen LogP contribution in [0.5, 0.6) is 0 Å². The number of nitrogens with two attached hydrogens (primary N) is 1. The first-order chi connectivity index (χ1) is 17.4. The van der Waals surface area contributed by atoms with Crippen LogP contribution >= 0.6 is 23.3 Å². The van der Waals surface area contributed by atoms with E-state index in [9.17, 15) is 23.9 Å².